The van der Waals surface area contributed by atoms with Gasteiger partial charge in [0, 0.05) is 5.69 Å². The monoisotopic (exact) mass is 450 g/mol. The van der Waals surface area contributed by atoms with E-state index in [4.69, 9.17) is 22.0 Å². The van der Waals surface area contributed by atoms with Crippen LogP contribution in [0, 0.1) is 6.92 Å². The highest BCUT2D eigenvalue weighted by Gasteiger charge is 2.27. The minimum absolute atomic E-state index is 0.00784. The Labute approximate surface area is 179 Å². The molecule has 2 aromatic rings. The summed E-state index contributed by atoms with van der Waals surface area (Å²) in [5.41, 5.74) is 16.3. The van der Waals surface area contributed by atoms with Gasteiger partial charge in [0.1, 0.15) is 13.2 Å². The van der Waals surface area contributed by atoms with Crippen LogP contribution in [0.2, 0.25) is 0 Å². The number of aryl methyl sites for hydroxylation is 2. The van der Waals surface area contributed by atoms with Gasteiger partial charge in [0.05, 0.1) is 17.1 Å². The Kier molecular flexibility index (Phi) is 7.64. The van der Waals surface area contributed by atoms with Crippen LogP contribution in [-0.2, 0) is 32.4 Å². The number of oxime groups is 1. The molecule has 0 radical (unpaired) electrons. The van der Waals surface area contributed by atoms with Crippen molar-refractivity contribution in [3.63, 3.8) is 0 Å². The highest BCUT2D eigenvalue weighted by molar-refractivity contribution is 7.91. The number of benzene rings is 1. The highest BCUT2D eigenvalue weighted by Crippen LogP contribution is 2.24. The first-order chi connectivity index (χ1) is 14.6. The molecule has 0 spiro atoms. The maximum Gasteiger partial charge on any atom is 0.272 e. The molecule has 1 amide bonds. The fourth-order valence-electron chi connectivity index (χ4n) is 2.89. The molecule has 31 heavy (non-hydrogen) atoms. The fraction of sp³-hybridized carbons (Fsp3) is 0.316. The molecule has 1 aromatic carbocycles. The van der Waals surface area contributed by atoms with E-state index in [9.17, 15) is 18.0 Å². The Hall–Kier alpha value is -3.54. The van der Waals surface area contributed by atoms with Crippen LogP contribution in [0.15, 0.2) is 50.1 Å². The predicted octanol–water partition coefficient (Wildman–Crippen LogP) is -0.545. The lowest BCUT2D eigenvalue weighted by atomic mass is 10.2. The molecule has 0 atom stereocenters. The van der Waals surface area contributed by atoms with E-state index in [2.05, 4.69) is 10.5 Å². The minimum atomic E-state index is -4.19. The van der Waals surface area contributed by atoms with E-state index < -0.39 is 26.2 Å². The molecule has 168 valence electrons. The Morgan fingerprint density at radius 1 is 1.26 bits per heavy atom. The molecule has 0 aliphatic heterocycles. The zero-order valence-corrected chi connectivity index (χ0v) is 18.1. The van der Waals surface area contributed by atoms with Gasteiger partial charge in [-0.2, -0.15) is 0 Å². The van der Waals surface area contributed by atoms with Gasteiger partial charge in [-0.1, -0.05) is 19.1 Å². The summed E-state index contributed by atoms with van der Waals surface area (Å²) < 4.78 is 27.3. The average molecular weight is 451 g/mol. The number of nitrogen functional groups attached to an aromatic ring is 1. The number of anilines is 1. The largest absolute Gasteiger partial charge is 0.397 e. The molecule has 1 aromatic heterocycles. The lowest BCUT2D eigenvalue weighted by Gasteiger charge is -2.16. The van der Waals surface area contributed by atoms with Crippen LogP contribution in [0.3, 0.4) is 0 Å². The van der Waals surface area contributed by atoms with Crippen LogP contribution in [0.4, 0.5) is 5.69 Å². The molecule has 0 bridgehead atoms. The van der Waals surface area contributed by atoms with Gasteiger partial charge in [-0.25, -0.2) is 8.42 Å². The molecule has 2 rings (SSSR count). The molecule has 7 N–H and O–H groups in total. The van der Waals surface area contributed by atoms with Crippen molar-refractivity contribution in [3.8, 4) is 0 Å². The van der Waals surface area contributed by atoms with E-state index in [-0.39, 0.29) is 36.2 Å². The summed E-state index contributed by atoms with van der Waals surface area (Å²) in [4.78, 5) is 29.6. The number of pyridine rings is 1. The van der Waals surface area contributed by atoms with Gasteiger partial charge in [-0.3, -0.25) is 9.59 Å². The lowest BCUT2D eigenvalue weighted by molar-refractivity contribution is -0.122. The summed E-state index contributed by atoms with van der Waals surface area (Å²) in [6.07, 6.45) is 0.366. The van der Waals surface area contributed by atoms with Gasteiger partial charge in [0.25, 0.3) is 5.56 Å². The SMILES string of the molecule is CCc1cc(N)c(S(=O)(=O)c2cccc(C)c2)c(=O)n1CC(=O)NCCON=C(N)N. The number of nitrogens with one attached hydrogen (secondary N) is 1. The van der Waals surface area contributed by atoms with Crippen molar-refractivity contribution in [3.05, 3.63) is 51.9 Å². The molecule has 1 heterocycles. The summed E-state index contributed by atoms with van der Waals surface area (Å²) in [7, 11) is -4.19. The second kappa shape index (κ2) is 9.98. The molecule has 0 aliphatic carbocycles. The second-order valence-electron chi connectivity index (χ2n) is 6.68. The van der Waals surface area contributed by atoms with Gasteiger partial charge in [-0.15, -0.1) is 0 Å². The van der Waals surface area contributed by atoms with Crippen molar-refractivity contribution in [2.75, 3.05) is 18.9 Å². The number of hydrogen-bond acceptors (Lipinski definition) is 7. The number of sulfone groups is 1. The lowest BCUT2D eigenvalue weighted by Crippen LogP contribution is -2.37. The molecule has 11 nitrogen and oxygen atoms in total. The summed E-state index contributed by atoms with van der Waals surface area (Å²) in [5, 5.41) is 5.86. The van der Waals surface area contributed by atoms with Crippen LogP contribution in [0.5, 0.6) is 0 Å². The van der Waals surface area contributed by atoms with Crippen LogP contribution >= 0.6 is 0 Å². The molecule has 0 saturated carbocycles. The first-order valence-electron chi connectivity index (χ1n) is 9.39. The first-order valence-corrected chi connectivity index (χ1v) is 10.9. The number of nitrogens with two attached hydrogens (primary N) is 3. The van der Waals surface area contributed by atoms with Gasteiger partial charge < -0.3 is 31.9 Å². The van der Waals surface area contributed by atoms with Gasteiger partial charge in [-0.05, 0) is 42.3 Å². The Morgan fingerprint density at radius 2 is 1.97 bits per heavy atom. The van der Waals surface area contributed by atoms with Crippen molar-refractivity contribution in [1.82, 2.24) is 9.88 Å². The number of hydrogen-bond donors (Lipinski definition) is 4. The molecular formula is C19H26N6O5S. The normalized spacial score (nSPS) is 11.0. The Morgan fingerprint density at radius 3 is 2.58 bits per heavy atom. The highest BCUT2D eigenvalue weighted by atomic mass is 32.2. The number of carbonyl (C=O) groups excluding carboxylic acids is 1. The summed E-state index contributed by atoms with van der Waals surface area (Å²) in [6.45, 7) is 3.20. The van der Waals surface area contributed by atoms with Gasteiger partial charge >= 0.3 is 0 Å². The van der Waals surface area contributed by atoms with E-state index in [1.54, 1.807) is 26.0 Å². The smallest absolute Gasteiger partial charge is 0.272 e. The average Bonchev–Trinajstić information content (AvgIpc) is 2.69. The zero-order chi connectivity index (χ0) is 23.2. The number of aromatic nitrogens is 1. The van der Waals surface area contributed by atoms with Crippen molar-refractivity contribution in [2.45, 2.75) is 36.6 Å². The summed E-state index contributed by atoms with van der Waals surface area (Å²) in [6, 6.07) is 7.56. The van der Waals surface area contributed by atoms with Crippen molar-refractivity contribution < 1.29 is 18.0 Å². The van der Waals surface area contributed by atoms with Gasteiger partial charge in [0.2, 0.25) is 21.7 Å². The predicted molar refractivity (Wildman–Crippen MR) is 116 cm³/mol. The van der Waals surface area contributed by atoms with E-state index in [1.807, 2.05) is 0 Å². The third kappa shape index (κ3) is 5.75. The van der Waals surface area contributed by atoms with Gasteiger partial charge in [0.15, 0.2) is 4.90 Å². The van der Waals surface area contributed by atoms with Crippen LogP contribution in [0.1, 0.15) is 18.2 Å². The van der Waals surface area contributed by atoms with Crippen molar-refractivity contribution in [2.24, 2.45) is 16.6 Å². The van der Waals surface area contributed by atoms with Crippen molar-refractivity contribution >= 4 is 27.4 Å². The number of nitrogens with zero attached hydrogens (tertiary/aromatic N) is 2. The van der Waals surface area contributed by atoms with Crippen molar-refractivity contribution in [1.29, 1.82) is 0 Å². The third-order valence-corrected chi connectivity index (χ3v) is 6.11. The zero-order valence-electron chi connectivity index (χ0n) is 17.3. The van der Waals surface area contributed by atoms with E-state index in [1.165, 1.54) is 18.2 Å². The number of guanidine groups is 1. The topological polar surface area (TPSA) is 185 Å². The minimum Gasteiger partial charge on any atom is -0.397 e. The first kappa shape index (κ1) is 23.7. The maximum absolute atomic E-state index is 13.1. The number of carbonyl (C=O) groups is 1. The molecule has 12 heteroatoms. The standard InChI is InChI=1S/C19H26N6O5S/c1-3-13-10-15(20)17(31(28,29)14-6-4-5-12(2)9-14)18(27)25(13)11-16(26)23-7-8-30-24-19(21)22/h4-6,9-10H,3,7-8,11,20H2,1-2H3,(H,23,26)(H4,21,22,24). The summed E-state index contributed by atoms with van der Waals surface area (Å²) in [5.74, 6) is -0.775. The Balaban J connectivity index is 2.36. The molecular weight excluding hydrogens is 424 g/mol. The molecule has 0 fully saturated rings. The number of amides is 1. The van der Waals surface area contributed by atoms with E-state index in [0.29, 0.717) is 17.7 Å². The third-order valence-electron chi connectivity index (χ3n) is 4.29. The summed E-state index contributed by atoms with van der Waals surface area (Å²) >= 11 is 0. The quantitative estimate of drug-likeness (QED) is 0.170. The van der Waals surface area contributed by atoms with Crippen LogP contribution in [-0.4, -0.2) is 38.0 Å². The number of rotatable bonds is 9. The fourth-order valence-corrected chi connectivity index (χ4v) is 4.44. The molecule has 0 aliphatic rings. The molecule has 0 saturated heterocycles. The van der Waals surface area contributed by atoms with E-state index >= 15 is 0 Å². The molecule has 0 unspecified atom stereocenters. The van der Waals surface area contributed by atoms with Crippen LogP contribution < -0.4 is 28.1 Å². The second-order valence-corrected chi connectivity index (χ2v) is 8.57. The maximum atomic E-state index is 13.1. The van der Waals surface area contributed by atoms with Crippen LogP contribution in [0.25, 0.3) is 0 Å². The Bertz CT molecular complexity index is 1150. The van der Waals surface area contributed by atoms with E-state index in [0.717, 1.165) is 4.57 Å².